The summed E-state index contributed by atoms with van der Waals surface area (Å²) >= 11 is 0. The third-order valence-corrected chi connectivity index (χ3v) is 2.50. The minimum Gasteiger partial charge on any atom is -0.497 e. The molecule has 2 N–H and O–H groups in total. The van der Waals surface area contributed by atoms with Crippen LogP contribution in [0.3, 0.4) is 0 Å². The summed E-state index contributed by atoms with van der Waals surface area (Å²) in [6.45, 7) is 1.48. The fraction of sp³-hybridized carbons (Fsp3) is 0.462. The van der Waals surface area contributed by atoms with Crippen LogP contribution in [0.25, 0.3) is 0 Å². The fourth-order valence-corrected chi connectivity index (χ4v) is 1.47. The zero-order chi connectivity index (χ0) is 12.5. The first-order valence-corrected chi connectivity index (χ1v) is 5.80. The molecule has 0 aliphatic rings. The Hall–Kier alpha value is -1.26. The van der Waals surface area contributed by atoms with Crippen molar-refractivity contribution in [3.8, 4) is 5.75 Å². The number of rotatable bonds is 7. The number of hydrogen-bond acceptors (Lipinski definition) is 3. The van der Waals surface area contributed by atoms with Gasteiger partial charge in [-0.25, -0.2) is 0 Å². The maximum Gasteiger partial charge on any atom is 0.220 e. The largest absolute Gasteiger partial charge is 0.497 e. The summed E-state index contributed by atoms with van der Waals surface area (Å²) in [4.78, 5) is 11.5. The average Bonchev–Trinajstić information content (AvgIpc) is 2.37. The van der Waals surface area contributed by atoms with Gasteiger partial charge in [0.1, 0.15) is 5.75 Å². The Morgan fingerprint density at radius 1 is 1.22 bits per heavy atom. The number of nitrogens with one attached hydrogen (secondary N) is 2. The number of carbonyl (C=O) groups excluding carboxylic acids is 1. The van der Waals surface area contributed by atoms with Crippen molar-refractivity contribution in [2.45, 2.75) is 12.8 Å². The number of likely N-dealkylation sites (N-methyl/N-ethyl adjacent to an activating group) is 1. The Bertz CT molecular complexity index is 341. The van der Waals surface area contributed by atoms with Crippen LogP contribution in [-0.4, -0.2) is 33.2 Å². The highest BCUT2D eigenvalue weighted by Gasteiger charge is 2.01. The van der Waals surface area contributed by atoms with E-state index < -0.39 is 0 Å². The number of benzene rings is 1. The van der Waals surface area contributed by atoms with Crippen molar-refractivity contribution in [1.29, 1.82) is 0 Å². The zero-order valence-electron chi connectivity index (χ0n) is 10.9. The first-order valence-electron chi connectivity index (χ1n) is 5.80. The van der Waals surface area contributed by atoms with Crippen LogP contribution in [0.4, 0.5) is 0 Å². The number of amides is 1. The standard InChI is InChI=1S/C13H20N2O2.ClH/c1-14-9-10-15-13(16)8-5-11-3-6-12(17-2)7-4-11;/h3-4,6-7,14H,5,8-10H2,1-2H3,(H,15,16);1H. The van der Waals surface area contributed by atoms with Crippen molar-refractivity contribution in [2.75, 3.05) is 27.2 Å². The van der Waals surface area contributed by atoms with E-state index in [1.807, 2.05) is 31.3 Å². The predicted octanol–water partition coefficient (Wildman–Crippen LogP) is 1.39. The molecule has 102 valence electrons. The SMILES string of the molecule is CNCCNC(=O)CCc1ccc(OC)cc1.Cl. The van der Waals surface area contributed by atoms with E-state index in [4.69, 9.17) is 4.74 Å². The van der Waals surface area contributed by atoms with Crippen LogP contribution in [0.5, 0.6) is 5.75 Å². The number of carbonyl (C=O) groups is 1. The van der Waals surface area contributed by atoms with E-state index in [1.165, 1.54) is 0 Å². The maximum absolute atomic E-state index is 11.5. The molecule has 1 rings (SSSR count). The minimum atomic E-state index is 0. The first kappa shape index (κ1) is 16.7. The molecule has 0 heterocycles. The summed E-state index contributed by atoms with van der Waals surface area (Å²) in [6.07, 6.45) is 1.28. The second-order valence-corrected chi connectivity index (χ2v) is 3.80. The first-order chi connectivity index (χ1) is 8.26. The Kier molecular flexibility index (Phi) is 9.06. The molecule has 0 radical (unpaired) electrons. The van der Waals surface area contributed by atoms with Gasteiger partial charge in [-0.15, -0.1) is 12.4 Å². The van der Waals surface area contributed by atoms with Crippen LogP contribution in [-0.2, 0) is 11.2 Å². The predicted molar refractivity (Wildman–Crippen MR) is 75.5 cm³/mol. The molecule has 5 heteroatoms. The molecule has 0 atom stereocenters. The van der Waals surface area contributed by atoms with Gasteiger partial charge in [-0.3, -0.25) is 4.79 Å². The van der Waals surface area contributed by atoms with Crippen LogP contribution < -0.4 is 15.4 Å². The van der Waals surface area contributed by atoms with E-state index in [0.717, 1.165) is 24.3 Å². The van der Waals surface area contributed by atoms with Gasteiger partial charge in [0.05, 0.1) is 7.11 Å². The summed E-state index contributed by atoms with van der Waals surface area (Å²) in [5.41, 5.74) is 1.15. The van der Waals surface area contributed by atoms with Gasteiger partial charge in [-0.2, -0.15) is 0 Å². The van der Waals surface area contributed by atoms with Gasteiger partial charge in [-0.1, -0.05) is 12.1 Å². The number of hydrogen-bond donors (Lipinski definition) is 2. The van der Waals surface area contributed by atoms with E-state index in [2.05, 4.69) is 10.6 Å². The van der Waals surface area contributed by atoms with Crippen LogP contribution in [0.2, 0.25) is 0 Å². The molecule has 0 spiro atoms. The number of methoxy groups -OCH3 is 1. The molecule has 0 fully saturated rings. The smallest absolute Gasteiger partial charge is 0.220 e. The summed E-state index contributed by atoms with van der Waals surface area (Å²) in [6, 6.07) is 7.79. The number of aryl methyl sites for hydroxylation is 1. The molecule has 0 bridgehead atoms. The monoisotopic (exact) mass is 272 g/mol. The van der Waals surface area contributed by atoms with Crippen molar-refractivity contribution in [2.24, 2.45) is 0 Å². The molecule has 1 amide bonds. The van der Waals surface area contributed by atoms with E-state index in [0.29, 0.717) is 13.0 Å². The quantitative estimate of drug-likeness (QED) is 0.738. The van der Waals surface area contributed by atoms with Crippen molar-refractivity contribution in [3.63, 3.8) is 0 Å². The van der Waals surface area contributed by atoms with Crippen molar-refractivity contribution < 1.29 is 9.53 Å². The third kappa shape index (κ3) is 6.47. The van der Waals surface area contributed by atoms with Crippen LogP contribution >= 0.6 is 12.4 Å². The zero-order valence-corrected chi connectivity index (χ0v) is 11.7. The van der Waals surface area contributed by atoms with Gasteiger partial charge in [0.25, 0.3) is 0 Å². The summed E-state index contributed by atoms with van der Waals surface area (Å²) in [7, 11) is 3.51. The Labute approximate surface area is 115 Å². The summed E-state index contributed by atoms with van der Waals surface area (Å²) in [5.74, 6) is 0.934. The second kappa shape index (κ2) is 9.74. The van der Waals surface area contributed by atoms with Crippen LogP contribution in [0.15, 0.2) is 24.3 Å². The molecule has 0 saturated heterocycles. The number of halogens is 1. The van der Waals surface area contributed by atoms with Gasteiger partial charge in [-0.05, 0) is 31.2 Å². The van der Waals surface area contributed by atoms with E-state index in [1.54, 1.807) is 7.11 Å². The topological polar surface area (TPSA) is 50.4 Å². The van der Waals surface area contributed by atoms with Crippen molar-refractivity contribution in [1.82, 2.24) is 10.6 Å². The fourth-order valence-electron chi connectivity index (χ4n) is 1.47. The van der Waals surface area contributed by atoms with Crippen LogP contribution in [0.1, 0.15) is 12.0 Å². The van der Waals surface area contributed by atoms with Crippen molar-refractivity contribution >= 4 is 18.3 Å². The molecule has 18 heavy (non-hydrogen) atoms. The van der Waals surface area contributed by atoms with Gasteiger partial charge < -0.3 is 15.4 Å². The Morgan fingerprint density at radius 2 is 1.89 bits per heavy atom. The molecule has 0 saturated carbocycles. The molecule has 4 nitrogen and oxygen atoms in total. The Morgan fingerprint density at radius 3 is 2.44 bits per heavy atom. The van der Waals surface area contributed by atoms with E-state index in [-0.39, 0.29) is 18.3 Å². The molecule has 1 aromatic carbocycles. The highest BCUT2D eigenvalue weighted by molar-refractivity contribution is 5.85. The lowest BCUT2D eigenvalue weighted by molar-refractivity contribution is -0.121. The molecule has 0 aromatic heterocycles. The van der Waals surface area contributed by atoms with E-state index in [9.17, 15) is 4.79 Å². The van der Waals surface area contributed by atoms with E-state index >= 15 is 0 Å². The highest BCUT2D eigenvalue weighted by atomic mass is 35.5. The average molecular weight is 273 g/mol. The lowest BCUT2D eigenvalue weighted by atomic mass is 10.1. The molecule has 0 aliphatic heterocycles. The Balaban J connectivity index is 0.00000289. The molecular weight excluding hydrogens is 252 g/mol. The molecule has 0 aliphatic carbocycles. The van der Waals surface area contributed by atoms with Gasteiger partial charge in [0.2, 0.25) is 5.91 Å². The van der Waals surface area contributed by atoms with Gasteiger partial charge >= 0.3 is 0 Å². The van der Waals surface area contributed by atoms with Gasteiger partial charge in [0, 0.05) is 19.5 Å². The van der Waals surface area contributed by atoms with Crippen molar-refractivity contribution in [3.05, 3.63) is 29.8 Å². The maximum atomic E-state index is 11.5. The summed E-state index contributed by atoms with van der Waals surface area (Å²) < 4.78 is 5.07. The lowest BCUT2D eigenvalue weighted by Crippen LogP contribution is -2.30. The molecular formula is C13H21ClN2O2. The normalized spacial score (nSPS) is 9.44. The third-order valence-electron chi connectivity index (χ3n) is 2.50. The highest BCUT2D eigenvalue weighted by Crippen LogP contribution is 2.12. The van der Waals surface area contributed by atoms with Crippen LogP contribution in [0, 0.1) is 0 Å². The molecule has 0 unspecified atom stereocenters. The van der Waals surface area contributed by atoms with Gasteiger partial charge in [0.15, 0.2) is 0 Å². The minimum absolute atomic E-state index is 0. The lowest BCUT2D eigenvalue weighted by Gasteiger charge is -2.05. The number of ether oxygens (including phenoxy) is 1. The summed E-state index contributed by atoms with van der Waals surface area (Å²) in [5, 5.41) is 5.83. The second-order valence-electron chi connectivity index (χ2n) is 3.80. The molecule has 1 aromatic rings.